The lowest BCUT2D eigenvalue weighted by atomic mass is 10.0. The Kier molecular flexibility index (Phi) is 5.46. The first-order valence-electron chi connectivity index (χ1n) is 9.58. The number of pyridine rings is 2. The molecule has 3 heterocycles. The van der Waals surface area contributed by atoms with Crippen molar-refractivity contribution in [2.45, 2.75) is 33.2 Å². The molecule has 0 spiro atoms. The number of anilines is 1. The summed E-state index contributed by atoms with van der Waals surface area (Å²) in [4.78, 5) is 25.3. The number of rotatable bonds is 6. The number of hydrogen-bond acceptors (Lipinski definition) is 6. The summed E-state index contributed by atoms with van der Waals surface area (Å²) in [7, 11) is 0. The van der Waals surface area contributed by atoms with Gasteiger partial charge in [0.25, 0.3) is 0 Å². The zero-order valence-electron chi connectivity index (χ0n) is 16.8. The number of nitrogens with two attached hydrogens (primary N) is 1. The second kappa shape index (κ2) is 8.20. The smallest absolute Gasteiger partial charge is 0.217 e. The summed E-state index contributed by atoms with van der Waals surface area (Å²) in [5, 5.41) is 5.90. The number of aryl methyl sites for hydroxylation is 2. The Hall–Kier alpha value is -3.32. The van der Waals surface area contributed by atoms with Crippen LogP contribution in [0.2, 0.25) is 5.02 Å². The Labute approximate surface area is 178 Å². The van der Waals surface area contributed by atoms with E-state index in [2.05, 4.69) is 20.1 Å². The fourth-order valence-corrected chi connectivity index (χ4v) is 3.72. The molecule has 0 saturated carbocycles. The van der Waals surface area contributed by atoms with Gasteiger partial charge >= 0.3 is 0 Å². The fourth-order valence-electron chi connectivity index (χ4n) is 3.55. The van der Waals surface area contributed by atoms with Crippen molar-refractivity contribution >= 4 is 34.1 Å². The lowest BCUT2D eigenvalue weighted by molar-refractivity contribution is 0.0972. The van der Waals surface area contributed by atoms with E-state index < -0.39 is 0 Å². The van der Waals surface area contributed by atoms with Gasteiger partial charge in [0, 0.05) is 23.7 Å². The van der Waals surface area contributed by atoms with Crippen LogP contribution in [0.3, 0.4) is 0 Å². The highest BCUT2D eigenvalue weighted by molar-refractivity contribution is 6.31. The number of ketones is 1. The molecule has 8 heteroatoms. The van der Waals surface area contributed by atoms with Crippen LogP contribution in [-0.4, -0.2) is 30.5 Å². The normalized spacial score (nSPS) is 11.2. The Bertz CT molecular complexity index is 1230. The van der Waals surface area contributed by atoms with Gasteiger partial charge in [-0.25, -0.2) is 14.6 Å². The van der Waals surface area contributed by atoms with Crippen molar-refractivity contribution in [3.05, 3.63) is 76.1 Å². The number of aromatic nitrogens is 5. The first kappa shape index (κ1) is 20.0. The largest absolute Gasteiger partial charge is 0.384 e. The lowest BCUT2D eigenvalue weighted by Crippen LogP contribution is -2.08. The third-order valence-electron chi connectivity index (χ3n) is 5.02. The molecule has 0 amide bonds. The highest BCUT2D eigenvalue weighted by atomic mass is 35.5. The molecule has 0 radical (unpaired) electrons. The molecule has 0 aliphatic carbocycles. The molecule has 0 aliphatic rings. The van der Waals surface area contributed by atoms with Crippen LogP contribution < -0.4 is 5.73 Å². The molecular weight excluding hydrogens is 400 g/mol. The van der Waals surface area contributed by atoms with E-state index in [9.17, 15) is 4.79 Å². The molecule has 0 aliphatic heterocycles. The first-order chi connectivity index (χ1) is 14.4. The minimum Gasteiger partial charge on any atom is -0.384 e. The maximum atomic E-state index is 12.6. The number of Topliss-reactive ketones (excluding diaryl/α,β-unsaturated/α-hetero) is 1. The third-order valence-corrected chi connectivity index (χ3v) is 5.23. The standard InChI is InChI=1S/C22H21ClN6O/c1-13-7-21(24)27-14(2)18(13)4-6-20(30)22-26-12-29(28-22)11-15-3-5-19-16(8-15)9-17(23)10-25-19/h3,5,7-10,12H,4,6,11H2,1-2H3,(H2,24,27). The van der Waals surface area contributed by atoms with Gasteiger partial charge in [-0.1, -0.05) is 17.7 Å². The topological polar surface area (TPSA) is 99.6 Å². The minimum atomic E-state index is -0.0983. The van der Waals surface area contributed by atoms with E-state index in [-0.39, 0.29) is 11.6 Å². The zero-order valence-corrected chi connectivity index (χ0v) is 17.5. The molecule has 30 heavy (non-hydrogen) atoms. The van der Waals surface area contributed by atoms with Crippen molar-refractivity contribution in [2.24, 2.45) is 0 Å². The average molecular weight is 421 g/mol. The van der Waals surface area contributed by atoms with Gasteiger partial charge in [-0.2, -0.15) is 0 Å². The maximum absolute atomic E-state index is 12.6. The lowest BCUT2D eigenvalue weighted by Gasteiger charge is -2.09. The predicted octanol–water partition coefficient (Wildman–Crippen LogP) is 3.94. The van der Waals surface area contributed by atoms with E-state index in [0.717, 1.165) is 33.3 Å². The van der Waals surface area contributed by atoms with Gasteiger partial charge < -0.3 is 5.73 Å². The van der Waals surface area contributed by atoms with Crippen molar-refractivity contribution in [1.29, 1.82) is 0 Å². The van der Waals surface area contributed by atoms with E-state index >= 15 is 0 Å². The van der Waals surface area contributed by atoms with Crippen LogP contribution in [0.4, 0.5) is 5.82 Å². The van der Waals surface area contributed by atoms with Gasteiger partial charge in [0.2, 0.25) is 11.6 Å². The molecule has 152 valence electrons. The summed E-state index contributed by atoms with van der Waals surface area (Å²) in [6.45, 7) is 4.38. The van der Waals surface area contributed by atoms with Crippen LogP contribution in [0.25, 0.3) is 10.9 Å². The molecule has 7 nitrogen and oxygen atoms in total. The van der Waals surface area contributed by atoms with Gasteiger partial charge in [0.1, 0.15) is 12.1 Å². The Morgan fingerprint density at radius 2 is 2.00 bits per heavy atom. The third kappa shape index (κ3) is 4.31. The second-order valence-corrected chi connectivity index (χ2v) is 7.73. The van der Waals surface area contributed by atoms with Crippen molar-refractivity contribution in [3.8, 4) is 0 Å². The molecule has 0 unspecified atom stereocenters. The predicted molar refractivity (Wildman–Crippen MR) is 117 cm³/mol. The highest BCUT2D eigenvalue weighted by Crippen LogP contribution is 2.19. The van der Waals surface area contributed by atoms with Gasteiger partial charge in [0.15, 0.2) is 0 Å². The molecule has 4 aromatic rings. The number of nitrogens with zero attached hydrogens (tertiary/aromatic N) is 5. The van der Waals surface area contributed by atoms with Gasteiger partial charge in [-0.3, -0.25) is 9.78 Å². The monoisotopic (exact) mass is 420 g/mol. The summed E-state index contributed by atoms with van der Waals surface area (Å²) < 4.78 is 1.66. The highest BCUT2D eigenvalue weighted by Gasteiger charge is 2.14. The molecule has 0 saturated heterocycles. The maximum Gasteiger partial charge on any atom is 0.217 e. The number of fused-ring (bicyclic) bond motifs is 1. The second-order valence-electron chi connectivity index (χ2n) is 7.30. The number of benzene rings is 1. The molecule has 1 aromatic carbocycles. The molecule has 0 bridgehead atoms. The summed E-state index contributed by atoms with van der Waals surface area (Å²) in [6.07, 6.45) is 4.10. The van der Waals surface area contributed by atoms with Crippen molar-refractivity contribution in [1.82, 2.24) is 24.7 Å². The van der Waals surface area contributed by atoms with Gasteiger partial charge in [-0.05, 0) is 61.2 Å². The molecule has 0 atom stereocenters. The van der Waals surface area contributed by atoms with E-state index in [4.69, 9.17) is 17.3 Å². The summed E-state index contributed by atoms with van der Waals surface area (Å²) in [5.74, 6) is 0.616. The number of hydrogen-bond donors (Lipinski definition) is 1. The Morgan fingerprint density at radius 3 is 2.80 bits per heavy atom. The summed E-state index contributed by atoms with van der Waals surface area (Å²) in [6, 6.07) is 9.63. The van der Waals surface area contributed by atoms with E-state index in [1.807, 2.05) is 44.2 Å². The summed E-state index contributed by atoms with van der Waals surface area (Å²) in [5.41, 5.74) is 10.6. The van der Waals surface area contributed by atoms with Crippen LogP contribution in [0.5, 0.6) is 0 Å². The number of carbonyl (C=O) groups excluding carboxylic acids is 1. The molecule has 3 aromatic heterocycles. The molecule has 4 rings (SSSR count). The van der Waals surface area contributed by atoms with E-state index in [1.165, 1.54) is 0 Å². The van der Waals surface area contributed by atoms with E-state index in [0.29, 0.717) is 30.2 Å². The quantitative estimate of drug-likeness (QED) is 0.474. The van der Waals surface area contributed by atoms with Gasteiger partial charge in [0.05, 0.1) is 17.1 Å². The first-order valence-corrected chi connectivity index (χ1v) is 9.96. The molecule has 0 fully saturated rings. The SMILES string of the molecule is Cc1cc(N)nc(C)c1CCC(=O)c1ncn(Cc2ccc3ncc(Cl)cc3c2)n1. The summed E-state index contributed by atoms with van der Waals surface area (Å²) >= 11 is 6.03. The van der Waals surface area contributed by atoms with Crippen LogP contribution in [0.1, 0.15) is 39.4 Å². The number of halogens is 1. The minimum absolute atomic E-state index is 0.0983. The molecular formula is C22H21ClN6O. The van der Waals surface area contributed by atoms with Gasteiger partial charge in [-0.15, -0.1) is 5.10 Å². The Balaban J connectivity index is 1.44. The van der Waals surface area contributed by atoms with E-state index in [1.54, 1.807) is 17.2 Å². The fraction of sp³-hybridized carbons (Fsp3) is 0.227. The van der Waals surface area contributed by atoms with Crippen molar-refractivity contribution in [2.75, 3.05) is 5.73 Å². The average Bonchev–Trinajstić information content (AvgIpc) is 3.15. The molecule has 2 N–H and O–H groups in total. The van der Waals surface area contributed by atoms with Crippen LogP contribution in [-0.2, 0) is 13.0 Å². The van der Waals surface area contributed by atoms with Crippen LogP contribution in [0.15, 0.2) is 42.9 Å². The van der Waals surface area contributed by atoms with Crippen LogP contribution in [0, 0.1) is 13.8 Å². The number of carbonyl (C=O) groups is 1. The van der Waals surface area contributed by atoms with Crippen LogP contribution >= 0.6 is 11.6 Å². The Morgan fingerprint density at radius 1 is 1.17 bits per heavy atom. The van der Waals surface area contributed by atoms with Crippen molar-refractivity contribution < 1.29 is 4.79 Å². The van der Waals surface area contributed by atoms with Crippen molar-refractivity contribution in [3.63, 3.8) is 0 Å². The zero-order chi connectivity index (χ0) is 21.3. The number of nitrogen functional groups attached to an aromatic ring is 1.